The van der Waals surface area contributed by atoms with E-state index < -0.39 is 13.4 Å². The van der Waals surface area contributed by atoms with Crippen molar-refractivity contribution >= 4 is 37.1 Å². The molecule has 0 saturated carbocycles. The van der Waals surface area contributed by atoms with Gasteiger partial charge in [0.25, 0.3) is 0 Å². The van der Waals surface area contributed by atoms with Crippen LogP contribution in [0.1, 0.15) is 73.6 Å². The van der Waals surface area contributed by atoms with Crippen molar-refractivity contribution < 1.29 is 29.4 Å². The second kappa shape index (κ2) is 19.4. The third-order valence-corrected chi connectivity index (χ3v) is 2.56. The van der Waals surface area contributed by atoms with E-state index in [0.717, 1.165) is 11.8 Å². The monoisotopic (exact) mass is 414 g/mol. The van der Waals surface area contributed by atoms with Crippen molar-refractivity contribution in [3.05, 3.63) is 0 Å². The van der Waals surface area contributed by atoms with Crippen LogP contribution < -0.4 is 0 Å². The third-order valence-electron chi connectivity index (χ3n) is 2.56. The van der Waals surface area contributed by atoms with Crippen molar-refractivity contribution in [2.45, 2.75) is 73.6 Å². The SMILES string of the molecule is CCC(C)C.CCCCC(C)CC.OP(O)(O)=S.OP(O)(O)=S. The number of unbranched alkanes of at least 4 members (excludes halogenated alkanes) is 1. The van der Waals surface area contributed by atoms with Crippen LogP contribution in [-0.2, 0) is 23.6 Å². The maximum absolute atomic E-state index is 7.56. The van der Waals surface area contributed by atoms with Crippen LogP contribution in [-0.4, -0.2) is 29.4 Å². The molecule has 0 aliphatic heterocycles. The van der Waals surface area contributed by atoms with E-state index >= 15 is 0 Å². The molecule has 0 fully saturated rings. The van der Waals surface area contributed by atoms with Crippen LogP contribution in [0.4, 0.5) is 0 Å². The first-order valence-electron chi connectivity index (χ1n) is 7.64. The van der Waals surface area contributed by atoms with E-state index in [9.17, 15) is 0 Å². The Bertz CT molecular complexity index is 281. The first-order valence-corrected chi connectivity index (χ1v) is 13.0. The molecular formula is C13H36O6P2S2. The summed E-state index contributed by atoms with van der Waals surface area (Å²) in [4.78, 5) is 45.3. The summed E-state index contributed by atoms with van der Waals surface area (Å²) in [6, 6.07) is 0. The lowest BCUT2D eigenvalue weighted by molar-refractivity contribution is 0.361. The Kier molecular flexibility index (Phi) is 26.8. The van der Waals surface area contributed by atoms with Crippen molar-refractivity contribution in [3.63, 3.8) is 0 Å². The minimum Gasteiger partial charge on any atom is -0.325 e. The van der Waals surface area contributed by atoms with Crippen molar-refractivity contribution in [2.24, 2.45) is 11.8 Å². The molecule has 0 bridgehead atoms. The summed E-state index contributed by atoms with van der Waals surface area (Å²) >= 11 is 7.21. The maximum Gasteiger partial charge on any atom is 0.319 e. The van der Waals surface area contributed by atoms with Crippen LogP contribution in [0, 0.1) is 11.8 Å². The molecule has 0 heterocycles. The zero-order chi connectivity index (χ0) is 19.7. The summed E-state index contributed by atoms with van der Waals surface area (Å²) in [5.74, 6) is 1.84. The maximum atomic E-state index is 7.56. The fourth-order valence-electron chi connectivity index (χ4n) is 0.757. The van der Waals surface area contributed by atoms with Crippen LogP contribution in [0.15, 0.2) is 0 Å². The predicted molar refractivity (Wildman–Crippen MR) is 106 cm³/mol. The average molecular weight is 415 g/mol. The van der Waals surface area contributed by atoms with Crippen molar-refractivity contribution in [1.82, 2.24) is 0 Å². The van der Waals surface area contributed by atoms with Gasteiger partial charge in [0.2, 0.25) is 0 Å². The van der Waals surface area contributed by atoms with Crippen LogP contribution in [0.5, 0.6) is 0 Å². The molecule has 23 heavy (non-hydrogen) atoms. The smallest absolute Gasteiger partial charge is 0.319 e. The first kappa shape index (κ1) is 31.8. The van der Waals surface area contributed by atoms with Gasteiger partial charge in [0.15, 0.2) is 0 Å². The summed E-state index contributed by atoms with van der Waals surface area (Å²) < 4.78 is 0. The van der Waals surface area contributed by atoms with Gasteiger partial charge < -0.3 is 29.4 Å². The van der Waals surface area contributed by atoms with E-state index in [0.29, 0.717) is 0 Å². The Balaban J connectivity index is -0.000000108. The number of hydrogen-bond acceptors (Lipinski definition) is 2. The average Bonchev–Trinajstić information content (AvgIpc) is 2.32. The van der Waals surface area contributed by atoms with Crippen LogP contribution in [0.3, 0.4) is 0 Å². The van der Waals surface area contributed by atoms with Gasteiger partial charge in [-0.25, -0.2) is 0 Å². The Hall–Kier alpha value is 1.06. The number of rotatable bonds is 5. The zero-order valence-electron chi connectivity index (χ0n) is 15.1. The lowest BCUT2D eigenvalue weighted by Crippen LogP contribution is -1.89. The highest BCUT2D eigenvalue weighted by Gasteiger charge is 1.94. The normalized spacial score (nSPS) is 12.0. The van der Waals surface area contributed by atoms with Crippen molar-refractivity contribution in [3.8, 4) is 0 Å². The Morgan fingerprint density at radius 1 is 0.739 bits per heavy atom. The van der Waals surface area contributed by atoms with E-state index in [1.165, 1.54) is 32.1 Å². The molecule has 10 heteroatoms. The molecule has 0 amide bonds. The summed E-state index contributed by atoms with van der Waals surface area (Å²) in [5, 5.41) is 0. The van der Waals surface area contributed by atoms with Crippen LogP contribution in [0.25, 0.3) is 0 Å². The van der Waals surface area contributed by atoms with Gasteiger partial charge in [-0.1, -0.05) is 73.6 Å². The predicted octanol–water partition coefficient (Wildman–Crippen LogP) is 3.65. The molecule has 6 N–H and O–H groups in total. The van der Waals surface area contributed by atoms with E-state index in [2.05, 4.69) is 65.2 Å². The van der Waals surface area contributed by atoms with E-state index in [4.69, 9.17) is 29.4 Å². The molecule has 0 spiro atoms. The van der Waals surface area contributed by atoms with Crippen molar-refractivity contribution in [2.75, 3.05) is 0 Å². The van der Waals surface area contributed by atoms with Gasteiger partial charge in [0.05, 0.1) is 0 Å². The largest absolute Gasteiger partial charge is 0.325 e. The van der Waals surface area contributed by atoms with E-state index in [1.807, 2.05) is 0 Å². The molecule has 0 aromatic heterocycles. The summed E-state index contributed by atoms with van der Waals surface area (Å²) in [6.07, 6.45) is 6.84. The molecule has 0 aromatic carbocycles. The standard InChI is InChI=1S/C8H18.C5H12.2H3O3PS/c1-4-6-7-8(3)5-2;1-4-5(2)3;2*1-4(2,3)5/h8H,4-7H2,1-3H3;5H,4H2,1-3H3;2*(H3,1,2,3,5). The molecular weight excluding hydrogens is 378 g/mol. The Morgan fingerprint density at radius 3 is 1.13 bits per heavy atom. The minimum absolute atomic E-state index is 0.884. The minimum atomic E-state index is -3.81. The lowest BCUT2D eigenvalue weighted by atomic mass is 10.0. The van der Waals surface area contributed by atoms with E-state index in [1.54, 1.807) is 0 Å². The molecule has 1 atom stereocenters. The van der Waals surface area contributed by atoms with Gasteiger partial charge in [-0.3, -0.25) is 0 Å². The highest BCUT2D eigenvalue weighted by Crippen LogP contribution is 2.26. The number of hydrogen-bond donors (Lipinski definition) is 6. The molecule has 0 rings (SSSR count). The van der Waals surface area contributed by atoms with Gasteiger partial charge in [-0.15, -0.1) is 0 Å². The van der Waals surface area contributed by atoms with Gasteiger partial charge in [-0.05, 0) is 35.4 Å². The second-order valence-electron chi connectivity index (χ2n) is 5.48. The van der Waals surface area contributed by atoms with E-state index in [-0.39, 0.29) is 0 Å². The fourth-order valence-corrected chi connectivity index (χ4v) is 0.757. The topological polar surface area (TPSA) is 121 Å². The molecule has 1 unspecified atom stereocenters. The summed E-state index contributed by atoms with van der Waals surface area (Å²) in [6.45, 7) is 5.88. The highest BCUT2D eigenvalue weighted by atomic mass is 32.5. The van der Waals surface area contributed by atoms with Gasteiger partial charge in [-0.2, -0.15) is 0 Å². The second-order valence-corrected chi connectivity index (χ2v) is 10.5. The Morgan fingerprint density at radius 2 is 1.00 bits per heavy atom. The van der Waals surface area contributed by atoms with Crippen molar-refractivity contribution in [1.29, 1.82) is 0 Å². The fraction of sp³-hybridized carbons (Fsp3) is 1.00. The lowest BCUT2D eigenvalue weighted by Gasteiger charge is -2.04. The molecule has 146 valence electrons. The molecule has 6 nitrogen and oxygen atoms in total. The third kappa shape index (κ3) is 125. The molecule has 0 aromatic rings. The molecule has 0 saturated heterocycles. The van der Waals surface area contributed by atoms with Gasteiger partial charge in [0, 0.05) is 0 Å². The molecule has 0 aliphatic carbocycles. The summed E-state index contributed by atoms with van der Waals surface area (Å²) in [5.41, 5.74) is 0. The molecule has 0 radical (unpaired) electrons. The first-order chi connectivity index (χ1) is 10.1. The van der Waals surface area contributed by atoms with Gasteiger partial charge >= 0.3 is 13.4 Å². The highest BCUT2D eigenvalue weighted by molar-refractivity contribution is 8.06. The quantitative estimate of drug-likeness (QED) is 0.377. The van der Waals surface area contributed by atoms with Gasteiger partial charge in [0.1, 0.15) is 0 Å². The zero-order valence-corrected chi connectivity index (χ0v) is 18.5. The Labute approximate surface area is 152 Å². The molecule has 0 aliphatic rings. The van der Waals surface area contributed by atoms with Crippen LogP contribution in [0.2, 0.25) is 0 Å². The van der Waals surface area contributed by atoms with Crippen LogP contribution >= 0.6 is 13.4 Å². The summed E-state index contributed by atoms with van der Waals surface area (Å²) in [7, 11) is 0.